The topological polar surface area (TPSA) is 88.8 Å². The number of carbonyl (C=O) groups is 2. The molecule has 8 nitrogen and oxygen atoms in total. The van der Waals surface area contributed by atoms with Gasteiger partial charge in [0.2, 0.25) is 11.5 Å². The average Bonchev–Trinajstić information content (AvgIpc) is 2.87. The average molecular weight is 550 g/mol. The van der Waals surface area contributed by atoms with Gasteiger partial charge in [-0.2, -0.15) is 13.2 Å². The maximum atomic E-state index is 15.6. The summed E-state index contributed by atoms with van der Waals surface area (Å²) in [4.78, 5) is 44.3. The van der Waals surface area contributed by atoms with Crippen LogP contribution in [0.5, 0.6) is 0 Å². The maximum absolute atomic E-state index is 15.6. The number of likely N-dealkylation sites (N-methyl/N-ethyl adjacent to an activating group) is 1. The number of carbonyl (C=O) groups excluding carboxylic acids is 2. The predicted octanol–water partition coefficient (Wildman–Crippen LogP) is 3.95. The summed E-state index contributed by atoms with van der Waals surface area (Å²) in [5, 5.41) is 2.56. The number of nitrogens with zero attached hydrogens (tertiary/aromatic N) is 3. The number of halogens is 4. The summed E-state index contributed by atoms with van der Waals surface area (Å²) in [5.74, 6) is -1.73. The molecular formula is C27H31F4N5O3. The molecule has 0 spiro atoms. The lowest BCUT2D eigenvalue weighted by atomic mass is 9.96. The van der Waals surface area contributed by atoms with Crippen molar-refractivity contribution in [3.8, 4) is 0 Å². The first-order valence-corrected chi connectivity index (χ1v) is 12.6. The highest BCUT2D eigenvalue weighted by Crippen LogP contribution is 2.37. The SMILES string of the molecule is CC(=O)N1CC=C(c2cc(NC(=O)c3c[nH]c(=O)cc3C(F)(F)F)c(N3CC(C)N(C)C(C)C3)cc2F)CC1. The van der Waals surface area contributed by atoms with Crippen LogP contribution in [0.15, 0.2) is 35.3 Å². The molecule has 0 radical (unpaired) electrons. The molecule has 2 amide bonds. The van der Waals surface area contributed by atoms with Crippen molar-refractivity contribution in [2.45, 2.75) is 45.5 Å². The lowest BCUT2D eigenvalue weighted by molar-refractivity contribution is -0.138. The van der Waals surface area contributed by atoms with Crippen molar-refractivity contribution in [3.63, 3.8) is 0 Å². The van der Waals surface area contributed by atoms with Crippen molar-refractivity contribution in [1.29, 1.82) is 0 Å². The summed E-state index contributed by atoms with van der Waals surface area (Å²) in [6.45, 7) is 7.17. The van der Waals surface area contributed by atoms with Crippen molar-refractivity contribution < 1.29 is 27.2 Å². The van der Waals surface area contributed by atoms with Crippen LogP contribution in [0.1, 0.15) is 48.7 Å². The molecule has 2 aliphatic rings. The Labute approximate surface area is 223 Å². The van der Waals surface area contributed by atoms with E-state index in [1.165, 1.54) is 19.1 Å². The van der Waals surface area contributed by atoms with E-state index in [4.69, 9.17) is 0 Å². The summed E-state index contributed by atoms with van der Waals surface area (Å²) in [6.07, 6.45) is -2.09. The van der Waals surface area contributed by atoms with Crippen LogP contribution in [0, 0.1) is 5.82 Å². The molecule has 2 unspecified atom stereocenters. The molecule has 210 valence electrons. The number of nitrogens with one attached hydrogen (secondary N) is 2. The lowest BCUT2D eigenvalue weighted by Gasteiger charge is -2.44. The Hall–Kier alpha value is -3.67. The molecule has 4 rings (SSSR count). The zero-order chi connectivity index (χ0) is 28.6. The molecule has 2 aliphatic heterocycles. The fraction of sp³-hybridized carbons (Fsp3) is 0.444. The molecule has 3 heterocycles. The fourth-order valence-electron chi connectivity index (χ4n) is 5.06. The Balaban J connectivity index is 1.77. The Morgan fingerprint density at radius 3 is 2.33 bits per heavy atom. The first-order valence-electron chi connectivity index (χ1n) is 12.6. The van der Waals surface area contributed by atoms with E-state index in [0.717, 1.165) is 6.20 Å². The van der Waals surface area contributed by atoms with Crippen LogP contribution in [-0.4, -0.2) is 71.9 Å². The van der Waals surface area contributed by atoms with E-state index in [2.05, 4.69) is 15.2 Å². The standard InChI is InChI=1S/C27H31F4N5O3/c1-15-13-36(14-16(2)34(15)4)24-11-22(28)19(18-5-7-35(8-6-18)17(3)37)9-23(24)33-26(39)20-12-32-25(38)10-21(20)27(29,30)31/h5,9-12,15-16H,6-8,13-14H2,1-4H3,(H,32,38)(H,33,39). The number of aromatic amines is 1. The number of alkyl halides is 3. The molecule has 2 aromatic rings. The van der Waals surface area contributed by atoms with Crippen molar-refractivity contribution in [2.24, 2.45) is 0 Å². The van der Waals surface area contributed by atoms with Crippen LogP contribution >= 0.6 is 0 Å². The number of benzene rings is 1. The zero-order valence-electron chi connectivity index (χ0n) is 22.2. The van der Waals surface area contributed by atoms with Crippen LogP contribution < -0.4 is 15.8 Å². The molecule has 0 saturated carbocycles. The minimum Gasteiger partial charge on any atom is -0.367 e. The number of aromatic nitrogens is 1. The highest BCUT2D eigenvalue weighted by atomic mass is 19.4. The molecular weight excluding hydrogens is 518 g/mol. The molecule has 0 aliphatic carbocycles. The van der Waals surface area contributed by atoms with E-state index in [9.17, 15) is 27.6 Å². The van der Waals surface area contributed by atoms with Crippen molar-refractivity contribution in [2.75, 3.05) is 43.4 Å². The van der Waals surface area contributed by atoms with E-state index in [1.54, 1.807) is 11.0 Å². The normalized spacial score (nSPS) is 20.6. The minimum atomic E-state index is -4.93. The van der Waals surface area contributed by atoms with Crippen molar-refractivity contribution >= 4 is 28.8 Å². The molecule has 1 fully saturated rings. The number of piperazine rings is 1. The third-order valence-electron chi connectivity index (χ3n) is 7.51. The van der Waals surface area contributed by atoms with Gasteiger partial charge in [0.15, 0.2) is 0 Å². The first-order chi connectivity index (χ1) is 18.3. The number of hydrogen-bond acceptors (Lipinski definition) is 5. The van der Waals surface area contributed by atoms with E-state index in [1.807, 2.05) is 25.8 Å². The molecule has 2 N–H and O–H groups in total. The summed E-state index contributed by atoms with van der Waals surface area (Å²) in [5.41, 5.74) is -1.79. The summed E-state index contributed by atoms with van der Waals surface area (Å²) >= 11 is 0. The van der Waals surface area contributed by atoms with Gasteiger partial charge in [-0.25, -0.2) is 4.39 Å². The number of anilines is 2. The smallest absolute Gasteiger partial charge is 0.367 e. The largest absolute Gasteiger partial charge is 0.417 e. The van der Waals surface area contributed by atoms with Crippen LogP contribution in [0.2, 0.25) is 0 Å². The van der Waals surface area contributed by atoms with Gasteiger partial charge >= 0.3 is 6.18 Å². The van der Waals surface area contributed by atoms with E-state index >= 15 is 4.39 Å². The van der Waals surface area contributed by atoms with Crippen molar-refractivity contribution in [3.05, 3.63) is 63.3 Å². The van der Waals surface area contributed by atoms with Gasteiger partial charge in [-0.3, -0.25) is 19.3 Å². The summed E-state index contributed by atoms with van der Waals surface area (Å²) in [6, 6.07) is 3.25. The van der Waals surface area contributed by atoms with Gasteiger partial charge in [0.1, 0.15) is 5.82 Å². The molecule has 39 heavy (non-hydrogen) atoms. The first kappa shape index (κ1) is 28.3. The van der Waals surface area contributed by atoms with Gasteiger partial charge < -0.3 is 20.1 Å². The Morgan fingerprint density at radius 1 is 1.10 bits per heavy atom. The van der Waals surface area contributed by atoms with Gasteiger partial charge in [0.05, 0.1) is 22.5 Å². The van der Waals surface area contributed by atoms with Gasteiger partial charge in [0, 0.05) is 63.0 Å². The van der Waals surface area contributed by atoms with Gasteiger partial charge in [-0.1, -0.05) is 6.08 Å². The minimum absolute atomic E-state index is 0.0923. The van der Waals surface area contributed by atoms with E-state index in [0.29, 0.717) is 49.9 Å². The second-order valence-electron chi connectivity index (χ2n) is 10.1. The molecule has 1 saturated heterocycles. The third-order valence-corrected chi connectivity index (χ3v) is 7.51. The Bertz CT molecular complexity index is 1360. The van der Waals surface area contributed by atoms with E-state index < -0.39 is 34.6 Å². The van der Waals surface area contributed by atoms with Gasteiger partial charge in [-0.05, 0) is 45.0 Å². The van der Waals surface area contributed by atoms with Crippen LogP contribution in [-0.2, 0) is 11.0 Å². The molecule has 0 bridgehead atoms. The second kappa shape index (κ2) is 10.8. The lowest BCUT2D eigenvalue weighted by Crippen LogP contribution is -2.55. The zero-order valence-corrected chi connectivity index (χ0v) is 22.2. The molecule has 12 heteroatoms. The van der Waals surface area contributed by atoms with Crippen molar-refractivity contribution in [1.82, 2.24) is 14.8 Å². The fourth-order valence-corrected chi connectivity index (χ4v) is 5.06. The Kier molecular flexibility index (Phi) is 7.87. The molecule has 2 atom stereocenters. The van der Waals surface area contributed by atoms with Crippen LogP contribution in [0.25, 0.3) is 5.57 Å². The van der Waals surface area contributed by atoms with E-state index in [-0.39, 0.29) is 29.2 Å². The highest BCUT2D eigenvalue weighted by Gasteiger charge is 2.36. The van der Waals surface area contributed by atoms with Crippen LogP contribution in [0.4, 0.5) is 28.9 Å². The second-order valence-corrected chi connectivity index (χ2v) is 10.1. The monoisotopic (exact) mass is 549 g/mol. The van der Waals surface area contributed by atoms with Crippen LogP contribution in [0.3, 0.4) is 0 Å². The maximum Gasteiger partial charge on any atom is 0.417 e. The number of rotatable bonds is 4. The number of pyridine rings is 1. The van der Waals surface area contributed by atoms with Gasteiger partial charge in [-0.15, -0.1) is 0 Å². The summed E-state index contributed by atoms with van der Waals surface area (Å²) < 4.78 is 56.5. The quantitative estimate of drug-likeness (QED) is 0.564. The molecule has 1 aromatic heterocycles. The predicted molar refractivity (Wildman–Crippen MR) is 140 cm³/mol. The summed E-state index contributed by atoms with van der Waals surface area (Å²) in [7, 11) is 1.98. The number of hydrogen-bond donors (Lipinski definition) is 2. The Morgan fingerprint density at radius 2 is 1.77 bits per heavy atom. The third kappa shape index (κ3) is 6.00. The van der Waals surface area contributed by atoms with Gasteiger partial charge in [0.25, 0.3) is 5.91 Å². The number of amides is 2. The number of H-pyrrole nitrogens is 1. The highest BCUT2D eigenvalue weighted by molar-refractivity contribution is 6.07. The molecule has 1 aromatic carbocycles.